The molecule has 0 radical (unpaired) electrons. The molecule has 3 rings (SSSR count). The molecule has 0 unspecified atom stereocenters. The van der Waals surface area contributed by atoms with Crippen LogP contribution >= 0.6 is 0 Å². The monoisotopic (exact) mass is 542 g/mol. The molecule has 2 fully saturated rings. The van der Waals surface area contributed by atoms with E-state index in [1.807, 2.05) is 58.0 Å². The van der Waals surface area contributed by atoms with Crippen molar-refractivity contribution in [1.82, 2.24) is 4.90 Å². The predicted molar refractivity (Wildman–Crippen MR) is 149 cm³/mol. The number of hydrogen-bond donors (Lipinski definition) is 0. The number of carbonyl (C=O) groups excluding carboxylic acids is 2. The van der Waals surface area contributed by atoms with Crippen molar-refractivity contribution in [1.29, 1.82) is 0 Å². The molecule has 2 heterocycles. The van der Waals surface area contributed by atoms with Crippen LogP contribution in [0.4, 0.5) is 4.79 Å². The molecular formula is C28H43BN4O6. The minimum absolute atomic E-state index is 0.0731. The van der Waals surface area contributed by atoms with Crippen molar-refractivity contribution in [3.63, 3.8) is 0 Å². The van der Waals surface area contributed by atoms with E-state index in [2.05, 4.69) is 10.0 Å². The largest absolute Gasteiger partial charge is 0.459 e. The van der Waals surface area contributed by atoms with Gasteiger partial charge in [-0.2, -0.15) is 0 Å². The number of esters is 1. The number of rotatable bonds is 9. The second kappa shape index (κ2) is 12.2. The Kier molecular flexibility index (Phi) is 9.62. The van der Waals surface area contributed by atoms with Gasteiger partial charge in [-0.3, -0.25) is 4.90 Å². The molecule has 10 nitrogen and oxygen atoms in total. The van der Waals surface area contributed by atoms with Gasteiger partial charge in [0.25, 0.3) is 0 Å². The molecule has 0 aliphatic carbocycles. The third-order valence-electron chi connectivity index (χ3n) is 7.78. The van der Waals surface area contributed by atoms with Gasteiger partial charge in [0.15, 0.2) is 0 Å². The fourth-order valence-electron chi connectivity index (χ4n) is 5.05. The Balaban J connectivity index is 1.82. The molecule has 11 heteroatoms. The van der Waals surface area contributed by atoms with Gasteiger partial charge in [0.05, 0.1) is 11.2 Å². The van der Waals surface area contributed by atoms with Gasteiger partial charge in [0.1, 0.15) is 17.7 Å². The van der Waals surface area contributed by atoms with Crippen LogP contribution in [-0.2, 0) is 30.2 Å². The van der Waals surface area contributed by atoms with E-state index < -0.39 is 40.4 Å². The standard InChI is InChI=1S/C28H43BN4O6/c1-25(2,3)37-24(35)33-18-15-22(31-32-30)19-28(33,23(34)36-20-21-13-9-8-10-14-21)16-11-12-17-29-38-26(4,5)27(6,7)39-29/h8-10,13-14,22H,11-12,15-20H2,1-7H3/t22-,28+/m1/s1. The Morgan fingerprint density at radius 3 is 2.36 bits per heavy atom. The fourth-order valence-corrected chi connectivity index (χ4v) is 5.05. The number of likely N-dealkylation sites (tertiary alicyclic amines) is 1. The molecule has 2 aliphatic rings. The van der Waals surface area contributed by atoms with E-state index in [0.29, 0.717) is 32.0 Å². The van der Waals surface area contributed by atoms with Crippen LogP contribution in [0, 0.1) is 0 Å². The van der Waals surface area contributed by atoms with E-state index >= 15 is 0 Å². The molecule has 0 aromatic heterocycles. The third kappa shape index (κ3) is 7.68. The normalized spacial score (nSPS) is 24.1. The van der Waals surface area contributed by atoms with Crippen LogP contribution < -0.4 is 0 Å². The van der Waals surface area contributed by atoms with Gasteiger partial charge in [-0.15, -0.1) is 0 Å². The number of hydrogen-bond acceptors (Lipinski definition) is 7. The summed E-state index contributed by atoms with van der Waals surface area (Å²) in [5, 5.41) is 3.93. The van der Waals surface area contributed by atoms with Crippen LogP contribution in [0.25, 0.3) is 10.4 Å². The zero-order valence-corrected chi connectivity index (χ0v) is 24.4. The lowest BCUT2D eigenvalue weighted by molar-refractivity contribution is -0.163. The van der Waals surface area contributed by atoms with Crippen molar-refractivity contribution in [2.75, 3.05) is 6.54 Å². The molecular weight excluding hydrogens is 499 g/mol. The highest BCUT2D eigenvalue weighted by Crippen LogP contribution is 2.40. The summed E-state index contributed by atoms with van der Waals surface area (Å²) in [6.45, 7) is 13.7. The Morgan fingerprint density at radius 2 is 1.77 bits per heavy atom. The summed E-state index contributed by atoms with van der Waals surface area (Å²) in [6, 6.07) is 8.95. The zero-order chi connectivity index (χ0) is 28.9. The predicted octanol–water partition coefficient (Wildman–Crippen LogP) is 6.44. The van der Waals surface area contributed by atoms with Gasteiger partial charge in [0, 0.05) is 17.5 Å². The second-order valence-electron chi connectivity index (χ2n) is 12.5. The maximum absolute atomic E-state index is 13.9. The summed E-state index contributed by atoms with van der Waals surface area (Å²) in [5.74, 6) is -0.523. The molecule has 0 N–H and O–H groups in total. The minimum atomic E-state index is -1.33. The van der Waals surface area contributed by atoms with E-state index in [9.17, 15) is 9.59 Å². The van der Waals surface area contributed by atoms with Crippen molar-refractivity contribution >= 4 is 19.2 Å². The summed E-state index contributed by atoms with van der Waals surface area (Å²) >= 11 is 0. The number of nitrogens with zero attached hydrogens (tertiary/aromatic N) is 4. The van der Waals surface area contributed by atoms with E-state index in [1.54, 1.807) is 20.8 Å². The van der Waals surface area contributed by atoms with Gasteiger partial charge in [-0.05, 0) is 85.1 Å². The lowest BCUT2D eigenvalue weighted by Crippen LogP contribution is -2.62. The molecule has 2 atom stereocenters. The number of amides is 1. The molecule has 2 saturated heterocycles. The lowest BCUT2D eigenvalue weighted by atomic mass is 9.77. The van der Waals surface area contributed by atoms with Crippen LogP contribution in [0.3, 0.4) is 0 Å². The summed E-state index contributed by atoms with van der Waals surface area (Å²) in [7, 11) is -0.347. The molecule has 39 heavy (non-hydrogen) atoms. The second-order valence-corrected chi connectivity index (χ2v) is 12.5. The summed E-state index contributed by atoms with van der Waals surface area (Å²) in [5.41, 5.74) is 7.07. The first-order valence-electron chi connectivity index (χ1n) is 13.8. The number of azide groups is 1. The molecule has 1 aromatic rings. The number of benzene rings is 1. The van der Waals surface area contributed by atoms with E-state index in [1.165, 1.54) is 4.90 Å². The minimum Gasteiger partial charge on any atom is -0.459 e. The van der Waals surface area contributed by atoms with Gasteiger partial charge >= 0.3 is 19.2 Å². The molecule has 2 aliphatic heterocycles. The molecule has 0 spiro atoms. The third-order valence-corrected chi connectivity index (χ3v) is 7.78. The maximum Gasteiger partial charge on any atom is 0.457 e. The summed E-state index contributed by atoms with van der Waals surface area (Å²) in [4.78, 5) is 31.8. The number of unbranched alkanes of at least 4 members (excludes halogenated alkanes) is 1. The Hall–Kier alpha value is -2.75. The molecule has 1 amide bonds. The summed E-state index contributed by atoms with van der Waals surface area (Å²) in [6.07, 6.45) is 2.31. The quantitative estimate of drug-likeness (QED) is 0.0883. The summed E-state index contributed by atoms with van der Waals surface area (Å²) < 4.78 is 23.8. The topological polar surface area (TPSA) is 123 Å². The molecule has 1 aromatic carbocycles. The van der Waals surface area contributed by atoms with E-state index in [4.69, 9.17) is 24.3 Å². The van der Waals surface area contributed by atoms with E-state index in [0.717, 1.165) is 5.56 Å². The highest BCUT2D eigenvalue weighted by Gasteiger charge is 2.53. The highest BCUT2D eigenvalue weighted by molar-refractivity contribution is 6.45. The first-order chi connectivity index (χ1) is 18.2. The zero-order valence-electron chi connectivity index (χ0n) is 24.4. The number of piperidine rings is 1. The van der Waals surface area contributed by atoms with Gasteiger partial charge in [0.2, 0.25) is 0 Å². The molecule has 214 valence electrons. The molecule has 0 bridgehead atoms. The number of ether oxygens (including phenoxy) is 2. The first-order valence-corrected chi connectivity index (χ1v) is 13.8. The van der Waals surface area contributed by atoms with Crippen LogP contribution in [-0.4, -0.2) is 59.0 Å². The van der Waals surface area contributed by atoms with Crippen molar-refractivity contribution in [2.45, 2.75) is 122 Å². The van der Waals surface area contributed by atoms with Crippen LogP contribution in [0.2, 0.25) is 6.32 Å². The van der Waals surface area contributed by atoms with Gasteiger partial charge < -0.3 is 18.8 Å². The Morgan fingerprint density at radius 1 is 1.13 bits per heavy atom. The van der Waals surface area contributed by atoms with Crippen LogP contribution in [0.15, 0.2) is 35.4 Å². The first kappa shape index (κ1) is 30.8. The van der Waals surface area contributed by atoms with Gasteiger partial charge in [-0.25, -0.2) is 9.59 Å². The Labute approximate surface area is 232 Å². The number of carbonyl (C=O) groups is 2. The SMILES string of the molecule is CC(C)(C)OC(=O)N1CC[C@@H](N=[N+]=[N-])C[C@@]1(CCCCB1OC(C)(C)C(C)(C)O1)C(=O)OCc1ccccc1. The smallest absolute Gasteiger partial charge is 0.457 e. The lowest BCUT2D eigenvalue weighted by Gasteiger charge is -2.47. The average Bonchev–Trinajstić information content (AvgIpc) is 3.05. The maximum atomic E-state index is 13.9. The van der Waals surface area contributed by atoms with Crippen molar-refractivity contribution in [3.8, 4) is 0 Å². The van der Waals surface area contributed by atoms with Crippen molar-refractivity contribution in [2.24, 2.45) is 5.11 Å². The van der Waals surface area contributed by atoms with Crippen molar-refractivity contribution in [3.05, 3.63) is 46.3 Å². The van der Waals surface area contributed by atoms with E-state index in [-0.39, 0.29) is 26.7 Å². The molecule has 0 saturated carbocycles. The fraction of sp³-hybridized carbons (Fsp3) is 0.714. The van der Waals surface area contributed by atoms with Crippen LogP contribution in [0.1, 0.15) is 86.1 Å². The van der Waals surface area contributed by atoms with Crippen LogP contribution in [0.5, 0.6) is 0 Å². The Bertz CT molecular complexity index is 1040. The van der Waals surface area contributed by atoms with Crippen molar-refractivity contribution < 1.29 is 28.4 Å². The highest BCUT2D eigenvalue weighted by atomic mass is 16.7. The van der Waals surface area contributed by atoms with Gasteiger partial charge in [-0.1, -0.05) is 48.3 Å². The average molecular weight is 542 g/mol.